The van der Waals surface area contributed by atoms with Gasteiger partial charge in [0.1, 0.15) is 12.7 Å². The van der Waals surface area contributed by atoms with Gasteiger partial charge in [0, 0.05) is 33.1 Å². The molecule has 2 amide bonds. The van der Waals surface area contributed by atoms with Crippen molar-refractivity contribution in [1.29, 1.82) is 0 Å². The number of carbonyl (C=O) groups excluding carboxylic acids is 2. The van der Waals surface area contributed by atoms with Gasteiger partial charge in [-0.1, -0.05) is 20.8 Å². The summed E-state index contributed by atoms with van der Waals surface area (Å²) in [6.45, 7) is 7.39. The molecule has 134 valence electrons. The molecule has 1 aromatic rings. The zero-order chi connectivity index (χ0) is 18.0. The summed E-state index contributed by atoms with van der Waals surface area (Å²) in [6, 6.07) is 0. The first-order valence-electron chi connectivity index (χ1n) is 8.52. The van der Waals surface area contributed by atoms with Gasteiger partial charge >= 0.3 is 0 Å². The van der Waals surface area contributed by atoms with Crippen LogP contribution in [0, 0.1) is 16.7 Å². The van der Waals surface area contributed by atoms with E-state index in [4.69, 9.17) is 0 Å². The van der Waals surface area contributed by atoms with Gasteiger partial charge in [-0.25, -0.2) is 4.98 Å². The van der Waals surface area contributed by atoms with Crippen LogP contribution in [0.3, 0.4) is 0 Å². The van der Waals surface area contributed by atoms with Gasteiger partial charge in [-0.3, -0.25) is 14.3 Å². The van der Waals surface area contributed by atoms with Crippen LogP contribution in [0.2, 0.25) is 0 Å². The van der Waals surface area contributed by atoms with Crippen molar-refractivity contribution in [1.82, 2.24) is 25.0 Å². The first kappa shape index (κ1) is 18.4. The molecule has 0 unspecified atom stereocenters. The van der Waals surface area contributed by atoms with E-state index in [2.05, 4.69) is 15.4 Å². The second kappa shape index (κ2) is 6.91. The van der Waals surface area contributed by atoms with E-state index in [-0.39, 0.29) is 23.1 Å². The van der Waals surface area contributed by atoms with E-state index in [1.807, 2.05) is 20.8 Å². The molecule has 0 spiro atoms. The first-order chi connectivity index (χ1) is 11.2. The highest BCUT2D eigenvalue weighted by Crippen LogP contribution is 2.56. The number of nitrogens with zero attached hydrogens (tertiary/aromatic N) is 4. The van der Waals surface area contributed by atoms with Crippen LogP contribution < -0.4 is 5.32 Å². The zero-order valence-electron chi connectivity index (χ0n) is 15.4. The fourth-order valence-electron chi connectivity index (χ4n) is 3.64. The Morgan fingerprint density at radius 1 is 1.33 bits per heavy atom. The molecule has 7 nitrogen and oxygen atoms in total. The van der Waals surface area contributed by atoms with Crippen LogP contribution >= 0.6 is 0 Å². The Morgan fingerprint density at radius 2 is 2.04 bits per heavy atom. The minimum atomic E-state index is -0.531. The molecule has 24 heavy (non-hydrogen) atoms. The topological polar surface area (TPSA) is 80.1 Å². The summed E-state index contributed by atoms with van der Waals surface area (Å²) in [5.41, 5.74) is -0.902. The van der Waals surface area contributed by atoms with Gasteiger partial charge in [-0.2, -0.15) is 5.10 Å². The maximum Gasteiger partial charge on any atom is 0.226 e. The number of nitrogens with one attached hydrogen (secondary N) is 1. The van der Waals surface area contributed by atoms with Crippen LogP contribution in [0.25, 0.3) is 0 Å². The summed E-state index contributed by atoms with van der Waals surface area (Å²) in [7, 11) is 3.55. The van der Waals surface area contributed by atoms with Gasteiger partial charge in [0.25, 0.3) is 0 Å². The Hall–Kier alpha value is -1.92. The molecule has 1 N–H and O–H groups in total. The molecular formula is C17H29N5O2. The minimum absolute atomic E-state index is 0.0418. The van der Waals surface area contributed by atoms with Crippen molar-refractivity contribution < 1.29 is 9.59 Å². The van der Waals surface area contributed by atoms with Crippen molar-refractivity contribution in [2.45, 2.75) is 46.6 Å². The molecule has 2 atom stereocenters. The molecule has 1 saturated carbocycles. The lowest BCUT2D eigenvalue weighted by Crippen LogP contribution is -2.49. The smallest absolute Gasteiger partial charge is 0.226 e. The Morgan fingerprint density at radius 3 is 2.62 bits per heavy atom. The third-order valence-electron chi connectivity index (χ3n) is 5.78. The summed E-state index contributed by atoms with van der Waals surface area (Å²) < 4.78 is 1.75. The van der Waals surface area contributed by atoms with Crippen LogP contribution in [0.4, 0.5) is 0 Å². The van der Waals surface area contributed by atoms with Crippen LogP contribution in [0.15, 0.2) is 12.7 Å². The number of carbonyl (C=O) groups is 2. The molecule has 0 radical (unpaired) electrons. The van der Waals surface area contributed by atoms with Crippen molar-refractivity contribution in [2.75, 3.05) is 20.6 Å². The summed E-state index contributed by atoms with van der Waals surface area (Å²) in [5, 5.41) is 7.09. The Bertz CT molecular complexity index is 582. The van der Waals surface area contributed by atoms with Gasteiger partial charge in [-0.05, 0) is 24.7 Å². The number of hydrogen-bond donors (Lipinski definition) is 1. The molecule has 1 fully saturated rings. The summed E-state index contributed by atoms with van der Waals surface area (Å²) in [5.74, 6) is 0.0428. The molecule has 1 aromatic heterocycles. The van der Waals surface area contributed by atoms with Gasteiger partial charge in [0.05, 0.1) is 5.41 Å². The fourth-order valence-corrected chi connectivity index (χ4v) is 3.64. The zero-order valence-corrected chi connectivity index (χ0v) is 15.4. The van der Waals surface area contributed by atoms with Crippen LogP contribution in [-0.4, -0.2) is 52.1 Å². The monoisotopic (exact) mass is 335 g/mol. The first-order valence-corrected chi connectivity index (χ1v) is 8.52. The van der Waals surface area contributed by atoms with E-state index in [1.165, 1.54) is 6.33 Å². The Kier molecular flexibility index (Phi) is 5.30. The van der Waals surface area contributed by atoms with E-state index in [1.54, 1.807) is 30.0 Å². The van der Waals surface area contributed by atoms with Gasteiger partial charge < -0.3 is 10.2 Å². The van der Waals surface area contributed by atoms with Crippen LogP contribution in [0.1, 0.15) is 40.0 Å². The second-order valence-corrected chi connectivity index (χ2v) is 7.65. The molecule has 0 aromatic carbocycles. The van der Waals surface area contributed by atoms with E-state index < -0.39 is 5.41 Å². The lowest BCUT2D eigenvalue weighted by atomic mass is 9.65. The molecule has 1 heterocycles. The number of amides is 2. The Balaban J connectivity index is 1.94. The third-order valence-corrected chi connectivity index (χ3v) is 5.78. The average molecular weight is 335 g/mol. The Labute approximate surface area is 143 Å². The SMILES string of the molecule is CN(C)C(=O)[C@@H]1CC[C@](C)(C(=O)NCCCn2cncn2)C1(C)C. The number of aromatic nitrogens is 3. The molecular weight excluding hydrogens is 306 g/mol. The second-order valence-electron chi connectivity index (χ2n) is 7.65. The average Bonchev–Trinajstić information content (AvgIpc) is 3.11. The quantitative estimate of drug-likeness (QED) is 0.795. The number of hydrogen-bond acceptors (Lipinski definition) is 4. The lowest BCUT2D eigenvalue weighted by Gasteiger charge is -2.40. The molecule has 2 rings (SSSR count). The summed E-state index contributed by atoms with van der Waals surface area (Å²) in [6.07, 6.45) is 5.46. The fraction of sp³-hybridized carbons (Fsp3) is 0.765. The van der Waals surface area contributed by atoms with Crippen molar-refractivity contribution in [2.24, 2.45) is 16.7 Å². The predicted molar refractivity (Wildman–Crippen MR) is 91.0 cm³/mol. The van der Waals surface area contributed by atoms with Gasteiger partial charge in [-0.15, -0.1) is 0 Å². The third kappa shape index (κ3) is 3.30. The van der Waals surface area contributed by atoms with Crippen molar-refractivity contribution in [3.8, 4) is 0 Å². The minimum Gasteiger partial charge on any atom is -0.356 e. The van der Waals surface area contributed by atoms with Crippen LogP contribution in [-0.2, 0) is 16.1 Å². The molecule has 0 aliphatic heterocycles. The van der Waals surface area contributed by atoms with Gasteiger partial charge in [0.15, 0.2) is 0 Å². The normalized spacial score (nSPS) is 25.5. The standard InChI is InChI=1S/C17H29N5O2/c1-16(2)13(14(23)21(4)5)7-8-17(16,3)15(24)19-9-6-10-22-12-18-11-20-22/h11-13H,6-10H2,1-5H3,(H,19,24)/t13-,17+/m0/s1. The molecule has 0 bridgehead atoms. The maximum atomic E-state index is 12.8. The number of aryl methyl sites for hydroxylation is 1. The summed E-state index contributed by atoms with van der Waals surface area (Å²) in [4.78, 5) is 30.8. The van der Waals surface area contributed by atoms with Crippen LogP contribution in [0.5, 0.6) is 0 Å². The molecule has 1 aliphatic rings. The molecule has 7 heteroatoms. The molecule has 1 aliphatic carbocycles. The molecule has 0 saturated heterocycles. The van der Waals surface area contributed by atoms with E-state index in [0.717, 1.165) is 25.8 Å². The predicted octanol–water partition coefficient (Wildman–Crippen LogP) is 1.32. The van der Waals surface area contributed by atoms with Crippen molar-refractivity contribution >= 4 is 11.8 Å². The van der Waals surface area contributed by atoms with Crippen molar-refractivity contribution in [3.63, 3.8) is 0 Å². The highest BCUT2D eigenvalue weighted by molar-refractivity contribution is 5.87. The lowest BCUT2D eigenvalue weighted by molar-refractivity contribution is -0.142. The highest BCUT2D eigenvalue weighted by atomic mass is 16.2. The van der Waals surface area contributed by atoms with E-state index >= 15 is 0 Å². The van der Waals surface area contributed by atoms with E-state index in [0.29, 0.717) is 6.54 Å². The highest BCUT2D eigenvalue weighted by Gasteiger charge is 2.58. The van der Waals surface area contributed by atoms with E-state index in [9.17, 15) is 9.59 Å². The maximum absolute atomic E-state index is 12.8. The van der Waals surface area contributed by atoms with Crippen molar-refractivity contribution in [3.05, 3.63) is 12.7 Å². The van der Waals surface area contributed by atoms with Gasteiger partial charge in [0.2, 0.25) is 11.8 Å². The number of rotatable bonds is 6. The largest absolute Gasteiger partial charge is 0.356 e. The summed E-state index contributed by atoms with van der Waals surface area (Å²) >= 11 is 0.